The fourth-order valence-corrected chi connectivity index (χ4v) is 4.75. The fourth-order valence-electron chi connectivity index (χ4n) is 4.56. The Balaban J connectivity index is 1.72. The summed E-state index contributed by atoms with van der Waals surface area (Å²) in [5.74, 6) is -0.414. The largest absolute Gasteiger partial charge is 0.325 e. The van der Waals surface area contributed by atoms with Crippen molar-refractivity contribution in [3.63, 3.8) is 0 Å². The van der Waals surface area contributed by atoms with Crippen LogP contribution in [0.3, 0.4) is 0 Å². The van der Waals surface area contributed by atoms with Crippen LogP contribution in [0.5, 0.6) is 0 Å². The van der Waals surface area contributed by atoms with Gasteiger partial charge in [-0.1, -0.05) is 38.4 Å². The summed E-state index contributed by atoms with van der Waals surface area (Å²) in [6, 6.07) is 6.22. The molecule has 1 aliphatic carbocycles. The van der Waals surface area contributed by atoms with E-state index in [2.05, 4.69) is 31.4 Å². The van der Waals surface area contributed by atoms with Crippen LogP contribution in [0.1, 0.15) is 40.0 Å². The van der Waals surface area contributed by atoms with Crippen LogP contribution in [0, 0.1) is 11.3 Å². The molecule has 1 saturated carbocycles. The molecule has 3 rings (SSSR count). The first-order chi connectivity index (χ1) is 12.1. The summed E-state index contributed by atoms with van der Waals surface area (Å²) >= 11 is 5.90. The first-order valence-corrected chi connectivity index (χ1v) is 9.18. The number of amides is 4. The third kappa shape index (κ3) is 3.70. The van der Waals surface area contributed by atoms with E-state index in [9.17, 15) is 14.4 Å². The molecule has 26 heavy (non-hydrogen) atoms. The summed E-state index contributed by atoms with van der Waals surface area (Å²) in [5, 5.41) is 6.04. The summed E-state index contributed by atoms with van der Waals surface area (Å²) in [7, 11) is 0. The molecule has 0 radical (unpaired) electrons. The van der Waals surface area contributed by atoms with Crippen LogP contribution in [-0.2, 0) is 9.59 Å². The highest BCUT2D eigenvalue weighted by Crippen LogP contribution is 2.46. The molecule has 7 heteroatoms. The highest BCUT2D eigenvalue weighted by atomic mass is 35.5. The molecule has 4 amide bonds. The molecular formula is C19H24ClN3O3. The lowest BCUT2D eigenvalue weighted by Gasteiger charge is -2.43. The highest BCUT2D eigenvalue weighted by molar-refractivity contribution is 6.30. The van der Waals surface area contributed by atoms with Crippen molar-refractivity contribution in [3.05, 3.63) is 29.3 Å². The van der Waals surface area contributed by atoms with Gasteiger partial charge in [-0.3, -0.25) is 14.5 Å². The molecule has 1 spiro atoms. The second-order valence-electron chi connectivity index (χ2n) is 8.32. The van der Waals surface area contributed by atoms with Gasteiger partial charge in [-0.15, -0.1) is 0 Å². The van der Waals surface area contributed by atoms with Crippen LogP contribution in [0.2, 0.25) is 5.02 Å². The van der Waals surface area contributed by atoms with E-state index in [1.54, 1.807) is 24.3 Å². The van der Waals surface area contributed by atoms with Crippen LogP contribution in [0.4, 0.5) is 10.5 Å². The second kappa shape index (κ2) is 6.58. The summed E-state index contributed by atoms with van der Waals surface area (Å²) in [6.07, 6.45) is 2.20. The van der Waals surface area contributed by atoms with Gasteiger partial charge in [0.05, 0.1) is 0 Å². The van der Waals surface area contributed by atoms with Crippen LogP contribution >= 0.6 is 11.6 Å². The van der Waals surface area contributed by atoms with Crippen molar-refractivity contribution in [2.24, 2.45) is 11.3 Å². The SMILES string of the molecule is C[C@@H]1CC(C)(C)C[C@]2(C1)NC(=O)N(CC(=O)Nc1cccc(Cl)c1)C2=O. The van der Waals surface area contributed by atoms with E-state index in [1.807, 2.05) is 0 Å². The van der Waals surface area contributed by atoms with Gasteiger partial charge in [0, 0.05) is 10.7 Å². The number of hydrogen-bond donors (Lipinski definition) is 2. The van der Waals surface area contributed by atoms with E-state index in [0.29, 0.717) is 29.5 Å². The minimum atomic E-state index is -0.894. The van der Waals surface area contributed by atoms with Crippen molar-refractivity contribution in [1.29, 1.82) is 0 Å². The number of nitrogens with one attached hydrogen (secondary N) is 2. The molecule has 2 atom stereocenters. The number of hydrogen-bond acceptors (Lipinski definition) is 3. The number of carbonyl (C=O) groups excluding carboxylic acids is 3. The smallest absolute Gasteiger partial charge is 0.324 e. The van der Waals surface area contributed by atoms with E-state index >= 15 is 0 Å². The lowest BCUT2D eigenvalue weighted by molar-refractivity contribution is -0.136. The molecule has 140 valence electrons. The molecule has 2 fully saturated rings. The minimum absolute atomic E-state index is 0.0420. The Morgan fingerprint density at radius 3 is 2.73 bits per heavy atom. The zero-order valence-electron chi connectivity index (χ0n) is 15.3. The molecule has 6 nitrogen and oxygen atoms in total. The van der Waals surface area contributed by atoms with E-state index in [4.69, 9.17) is 11.6 Å². The second-order valence-corrected chi connectivity index (χ2v) is 8.75. The van der Waals surface area contributed by atoms with Gasteiger partial charge in [-0.05, 0) is 48.8 Å². The lowest BCUT2D eigenvalue weighted by Crippen LogP contribution is -2.54. The van der Waals surface area contributed by atoms with Crippen molar-refractivity contribution in [1.82, 2.24) is 10.2 Å². The van der Waals surface area contributed by atoms with E-state index in [-0.39, 0.29) is 17.9 Å². The summed E-state index contributed by atoms with van der Waals surface area (Å²) in [4.78, 5) is 38.7. The maximum Gasteiger partial charge on any atom is 0.325 e. The predicted octanol–water partition coefficient (Wildman–Crippen LogP) is 3.42. The molecule has 2 N–H and O–H groups in total. The van der Waals surface area contributed by atoms with Gasteiger partial charge >= 0.3 is 6.03 Å². The van der Waals surface area contributed by atoms with Gasteiger partial charge in [0.25, 0.3) is 5.91 Å². The topological polar surface area (TPSA) is 78.5 Å². The molecule has 1 aliphatic heterocycles. The Bertz CT molecular complexity index is 764. The third-order valence-electron chi connectivity index (χ3n) is 5.03. The normalized spacial score (nSPS) is 27.5. The maximum atomic E-state index is 13.0. The van der Waals surface area contributed by atoms with E-state index in [0.717, 1.165) is 11.3 Å². The van der Waals surface area contributed by atoms with Crippen molar-refractivity contribution in [3.8, 4) is 0 Å². The van der Waals surface area contributed by atoms with Crippen molar-refractivity contribution < 1.29 is 14.4 Å². The zero-order valence-corrected chi connectivity index (χ0v) is 16.0. The first-order valence-electron chi connectivity index (χ1n) is 8.80. The Morgan fingerprint density at radius 2 is 2.08 bits per heavy atom. The first kappa shape index (κ1) is 18.7. The number of rotatable bonds is 3. The number of urea groups is 1. The Kier molecular flexibility index (Phi) is 4.73. The fraction of sp³-hybridized carbons (Fsp3) is 0.526. The van der Waals surface area contributed by atoms with Crippen molar-refractivity contribution in [2.45, 2.75) is 45.6 Å². The van der Waals surface area contributed by atoms with Gasteiger partial charge in [-0.2, -0.15) is 0 Å². The van der Waals surface area contributed by atoms with Gasteiger partial charge in [0.15, 0.2) is 0 Å². The summed E-state index contributed by atoms with van der Waals surface area (Å²) in [5.41, 5.74) is -0.412. The van der Waals surface area contributed by atoms with E-state index in [1.165, 1.54) is 0 Å². The summed E-state index contributed by atoms with van der Waals surface area (Å²) in [6.45, 7) is 6.00. The lowest BCUT2D eigenvalue weighted by atomic mass is 9.64. The monoisotopic (exact) mass is 377 g/mol. The number of benzene rings is 1. The summed E-state index contributed by atoms with van der Waals surface area (Å²) < 4.78 is 0. The zero-order chi connectivity index (χ0) is 19.1. The van der Waals surface area contributed by atoms with Crippen LogP contribution in [-0.4, -0.2) is 34.8 Å². The van der Waals surface area contributed by atoms with Crippen LogP contribution in [0.15, 0.2) is 24.3 Å². The average Bonchev–Trinajstić information content (AvgIpc) is 2.68. The molecular weight excluding hydrogens is 354 g/mol. The molecule has 0 unspecified atom stereocenters. The Hall–Kier alpha value is -2.08. The van der Waals surface area contributed by atoms with Crippen molar-refractivity contribution >= 4 is 35.1 Å². The van der Waals surface area contributed by atoms with Crippen LogP contribution in [0.25, 0.3) is 0 Å². The number of anilines is 1. The van der Waals surface area contributed by atoms with Gasteiger partial charge < -0.3 is 10.6 Å². The number of carbonyl (C=O) groups is 3. The molecule has 0 bridgehead atoms. The molecule has 1 aromatic carbocycles. The average molecular weight is 378 g/mol. The van der Waals surface area contributed by atoms with Gasteiger partial charge in [-0.25, -0.2) is 4.79 Å². The predicted molar refractivity (Wildman–Crippen MR) is 99.9 cm³/mol. The maximum absolute atomic E-state index is 13.0. The highest BCUT2D eigenvalue weighted by Gasteiger charge is 2.56. The number of halogens is 1. The standard InChI is InChI=1S/C19H24ClN3O3/c1-12-8-18(2,3)11-19(9-12)16(25)23(17(26)22-19)10-15(24)21-14-6-4-5-13(20)7-14/h4-7,12H,8-11H2,1-3H3,(H,21,24)(H,22,26)/t12-,19+/m1/s1. The van der Waals surface area contributed by atoms with Crippen molar-refractivity contribution in [2.75, 3.05) is 11.9 Å². The Labute approximate surface area is 158 Å². The third-order valence-corrected chi connectivity index (χ3v) is 5.27. The van der Waals surface area contributed by atoms with Gasteiger partial charge in [0.1, 0.15) is 12.1 Å². The molecule has 1 heterocycles. The molecule has 2 aliphatic rings. The molecule has 0 aromatic heterocycles. The molecule has 1 aromatic rings. The molecule has 1 saturated heterocycles. The minimum Gasteiger partial charge on any atom is -0.324 e. The Morgan fingerprint density at radius 1 is 1.35 bits per heavy atom. The van der Waals surface area contributed by atoms with Gasteiger partial charge in [0.2, 0.25) is 5.91 Å². The quantitative estimate of drug-likeness (QED) is 0.792. The number of nitrogens with zero attached hydrogens (tertiary/aromatic N) is 1. The van der Waals surface area contributed by atoms with E-state index < -0.39 is 17.5 Å². The number of imide groups is 1. The van der Waals surface area contributed by atoms with Crippen LogP contribution < -0.4 is 10.6 Å².